The number of anilines is 1. The lowest BCUT2D eigenvalue weighted by atomic mass is 10.2. The third-order valence-electron chi connectivity index (χ3n) is 3.54. The van der Waals surface area contributed by atoms with Crippen LogP contribution >= 0.6 is 11.6 Å². The lowest BCUT2D eigenvalue weighted by molar-refractivity contribution is 0.0931. The molecule has 7 nitrogen and oxygen atoms in total. The minimum Gasteiger partial charge on any atom is -0.382 e. The van der Waals surface area contributed by atoms with E-state index in [2.05, 4.69) is 25.3 Å². The van der Waals surface area contributed by atoms with Gasteiger partial charge in [0.1, 0.15) is 5.82 Å². The van der Waals surface area contributed by atoms with Crippen molar-refractivity contribution in [3.8, 4) is 0 Å². The van der Waals surface area contributed by atoms with Crippen molar-refractivity contribution in [2.45, 2.75) is 19.4 Å². The van der Waals surface area contributed by atoms with Crippen molar-refractivity contribution in [2.75, 3.05) is 5.73 Å². The van der Waals surface area contributed by atoms with Gasteiger partial charge in [-0.15, -0.1) is 0 Å². The van der Waals surface area contributed by atoms with Gasteiger partial charge in [0.05, 0.1) is 10.5 Å². The molecule has 128 valence electrons. The highest BCUT2D eigenvalue weighted by Gasteiger charge is 2.13. The molecule has 0 aliphatic carbocycles. The van der Waals surface area contributed by atoms with Crippen LogP contribution in [0.2, 0.25) is 5.02 Å². The van der Waals surface area contributed by atoms with Crippen LogP contribution in [0.3, 0.4) is 0 Å². The van der Waals surface area contributed by atoms with E-state index < -0.39 is 0 Å². The molecule has 3 aromatic heterocycles. The second kappa shape index (κ2) is 7.31. The number of carbonyl (C=O) groups is 1. The minimum atomic E-state index is -0.268. The van der Waals surface area contributed by atoms with Crippen LogP contribution in [0.15, 0.2) is 36.7 Å². The number of nitrogens with zero attached hydrogens (tertiary/aromatic N) is 3. The molecule has 0 bridgehead atoms. The van der Waals surface area contributed by atoms with Gasteiger partial charge in [0, 0.05) is 18.4 Å². The van der Waals surface area contributed by atoms with E-state index in [1.54, 1.807) is 24.5 Å². The van der Waals surface area contributed by atoms with Crippen LogP contribution in [-0.2, 0) is 0 Å². The number of H-pyrrole nitrogens is 1. The van der Waals surface area contributed by atoms with E-state index >= 15 is 0 Å². The van der Waals surface area contributed by atoms with Crippen molar-refractivity contribution in [3.05, 3.63) is 53.1 Å². The molecule has 0 unspecified atom stereocenters. The monoisotopic (exact) mass is 356 g/mol. The van der Waals surface area contributed by atoms with Crippen molar-refractivity contribution in [2.24, 2.45) is 0 Å². The first-order valence-electron chi connectivity index (χ1n) is 7.72. The van der Waals surface area contributed by atoms with Crippen LogP contribution in [0, 0.1) is 0 Å². The summed E-state index contributed by atoms with van der Waals surface area (Å²) in [5, 5.41) is 3.31. The van der Waals surface area contributed by atoms with Crippen LogP contribution in [-0.4, -0.2) is 31.9 Å². The molecule has 0 aliphatic rings. The molecule has 1 atom stereocenters. The summed E-state index contributed by atoms with van der Waals surface area (Å²) in [5.74, 6) is 0.287. The number of nitrogen functional groups attached to an aromatic ring is 1. The number of rotatable bonds is 5. The number of pyridine rings is 2. The molecule has 3 rings (SSSR count). The molecule has 0 radical (unpaired) electrons. The number of nitrogens with one attached hydrogen (secondary N) is 2. The number of carbonyl (C=O) groups excluding carboxylic acids is 1. The Kier molecular flexibility index (Phi) is 4.95. The van der Waals surface area contributed by atoms with Crippen LogP contribution < -0.4 is 11.1 Å². The zero-order valence-electron chi connectivity index (χ0n) is 13.5. The van der Waals surface area contributed by atoms with E-state index in [9.17, 15) is 4.79 Å². The highest BCUT2D eigenvalue weighted by Crippen LogP contribution is 2.17. The highest BCUT2D eigenvalue weighted by atomic mass is 35.5. The smallest absolute Gasteiger partial charge is 0.287 e. The molecule has 8 heteroatoms. The number of nitrogens with two attached hydrogens (primary N) is 1. The normalized spacial score (nSPS) is 12.6. The molecule has 0 saturated heterocycles. The van der Waals surface area contributed by atoms with Gasteiger partial charge >= 0.3 is 0 Å². The fraction of sp³-hybridized carbons (Fsp3) is 0.176. The maximum absolute atomic E-state index is 12.2. The lowest BCUT2D eigenvalue weighted by Crippen LogP contribution is -2.32. The van der Waals surface area contributed by atoms with E-state index in [1.165, 1.54) is 0 Å². The fourth-order valence-corrected chi connectivity index (χ4v) is 2.44. The first-order valence-corrected chi connectivity index (χ1v) is 8.10. The molecule has 0 saturated carbocycles. The summed E-state index contributed by atoms with van der Waals surface area (Å²) in [6.07, 6.45) is 7.74. The molecule has 1 amide bonds. The number of hydrogen-bond acceptors (Lipinski definition) is 5. The van der Waals surface area contributed by atoms with E-state index in [4.69, 9.17) is 17.3 Å². The summed E-state index contributed by atoms with van der Waals surface area (Å²) >= 11 is 5.93. The number of imidazole rings is 1. The third kappa shape index (κ3) is 4.13. The van der Waals surface area contributed by atoms with Crippen LogP contribution in [0.25, 0.3) is 17.2 Å². The van der Waals surface area contributed by atoms with E-state index in [0.717, 1.165) is 11.1 Å². The Morgan fingerprint density at radius 2 is 2.32 bits per heavy atom. The number of aromatic nitrogens is 4. The van der Waals surface area contributed by atoms with Gasteiger partial charge in [0.25, 0.3) is 5.91 Å². The summed E-state index contributed by atoms with van der Waals surface area (Å²) in [7, 11) is 0. The third-order valence-corrected chi connectivity index (χ3v) is 3.84. The van der Waals surface area contributed by atoms with Gasteiger partial charge in [-0.2, -0.15) is 0 Å². The van der Waals surface area contributed by atoms with E-state index in [0.29, 0.717) is 22.9 Å². The molecular weight excluding hydrogens is 340 g/mol. The first-order chi connectivity index (χ1) is 12.0. The number of hydrogen-bond donors (Lipinski definition) is 3. The quantitative estimate of drug-likeness (QED) is 0.651. The average molecular weight is 357 g/mol. The molecule has 25 heavy (non-hydrogen) atoms. The van der Waals surface area contributed by atoms with Gasteiger partial charge in [-0.3, -0.25) is 4.79 Å². The zero-order chi connectivity index (χ0) is 17.8. The molecular formula is C17H17ClN6O. The van der Waals surface area contributed by atoms with Gasteiger partial charge in [0.2, 0.25) is 0 Å². The molecule has 3 heterocycles. The molecule has 4 N–H and O–H groups in total. The maximum atomic E-state index is 12.2. The SMILES string of the molecule is C[C@@H](C/C=C/c1cnc(N)c(Cl)c1)NC(=O)c1nc2ncccc2[nH]1. The Balaban J connectivity index is 1.58. The Morgan fingerprint density at radius 3 is 3.08 bits per heavy atom. The van der Waals surface area contributed by atoms with Gasteiger partial charge in [-0.05, 0) is 37.1 Å². The zero-order valence-corrected chi connectivity index (χ0v) is 14.3. The van der Waals surface area contributed by atoms with Crippen molar-refractivity contribution in [3.63, 3.8) is 0 Å². The van der Waals surface area contributed by atoms with Crippen molar-refractivity contribution in [1.29, 1.82) is 0 Å². The predicted octanol–water partition coefficient (Wildman–Crippen LogP) is 2.81. The van der Waals surface area contributed by atoms with Crippen LogP contribution in [0.1, 0.15) is 29.5 Å². The van der Waals surface area contributed by atoms with E-state index in [-0.39, 0.29) is 17.8 Å². The Labute approximate surface area is 149 Å². The van der Waals surface area contributed by atoms with Crippen molar-refractivity contribution < 1.29 is 4.79 Å². The summed E-state index contributed by atoms with van der Waals surface area (Å²) in [6, 6.07) is 5.28. The Hall–Kier alpha value is -2.93. The van der Waals surface area contributed by atoms with Crippen LogP contribution in [0.5, 0.6) is 0 Å². The highest BCUT2D eigenvalue weighted by molar-refractivity contribution is 6.32. The topological polar surface area (TPSA) is 110 Å². The van der Waals surface area contributed by atoms with Crippen LogP contribution in [0.4, 0.5) is 5.82 Å². The predicted molar refractivity (Wildman–Crippen MR) is 98.1 cm³/mol. The molecule has 3 aromatic rings. The van der Waals surface area contributed by atoms with Crippen molar-refractivity contribution in [1.82, 2.24) is 25.3 Å². The van der Waals surface area contributed by atoms with Gasteiger partial charge in [0.15, 0.2) is 11.5 Å². The second-order valence-electron chi connectivity index (χ2n) is 5.61. The summed E-state index contributed by atoms with van der Waals surface area (Å²) < 4.78 is 0. The van der Waals surface area contributed by atoms with Gasteiger partial charge in [-0.25, -0.2) is 15.0 Å². The van der Waals surface area contributed by atoms with E-state index in [1.807, 2.05) is 25.1 Å². The largest absolute Gasteiger partial charge is 0.382 e. The van der Waals surface area contributed by atoms with Gasteiger partial charge < -0.3 is 16.0 Å². The lowest BCUT2D eigenvalue weighted by Gasteiger charge is -2.10. The Morgan fingerprint density at radius 1 is 1.48 bits per heavy atom. The Bertz CT molecular complexity index is 903. The number of halogens is 1. The first kappa shape index (κ1) is 16.9. The average Bonchev–Trinajstić information content (AvgIpc) is 3.02. The van der Waals surface area contributed by atoms with Gasteiger partial charge in [-0.1, -0.05) is 23.8 Å². The molecule has 0 aliphatic heterocycles. The fourth-order valence-electron chi connectivity index (χ4n) is 2.27. The molecule has 0 fully saturated rings. The molecule has 0 spiro atoms. The summed E-state index contributed by atoms with van der Waals surface area (Å²) in [6.45, 7) is 1.91. The van der Waals surface area contributed by atoms with Crippen molar-refractivity contribution >= 4 is 40.6 Å². The number of amides is 1. The molecule has 0 aromatic carbocycles. The second-order valence-corrected chi connectivity index (χ2v) is 6.02. The standard InChI is InChI=1S/C17H17ClN6O/c1-10(4-2-5-11-8-12(18)14(19)21-9-11)22-17(25)16-23-13-6-3-7-20-15(13)24-16/h2-3,5-10H,4H2,1H3,(H2,19,21)(H,22,25)(H,20,23,24)/b5-2+/t10-/m0/s1. The number of fused-ring (bicyclic) bond motifs is 1. The maximum Gasteiger partial charge on any atom is 0.287 e. The summed E-state index contributed by atoms with van der Waals surface area (Å²) in [4.78, 5) is 27.5. The summed E-state index contributed by atoms with van der Waals surface area (Å²) in [5.41, 5.74) is 7.67. The minimum absolute atomic E-state index is 0.0675. The number of aromatic amines is 1.